The van der Waals surface area contributed by atoms with Gasteiger partial charge >= 0.3 is 0 Å². The Labute approximate surface area is 176 Å². The molecular formula is C22H26Cl2N2O2. The van der Waals surface area contributed by atoms with Crippen LogP contribution in [0.15, 0.2) is 48.5 Å². The van der Waals surface area contributed by atoms with Gasteiger partial charge < -0.3 is 10.2 Å². The van der Waals surface area contributed by atoms with Gasteiger partial charge in [0.2, 0.25) is 11.8 Å². The molecule has 1 N–H and O–H groups in total. The highest BCUT2D eigenvalue weighted by Gasteiger charge is 2.29. The molecule has 28 heavy (non-hydrogen) atoms. The van der Waals surface area contributed by atoms with E-state index in [1.165, 1.54) is 0 Å². The van der Waals surface area contributed by atoms with E-state index < -0.39 is 6.04 Å². The fraction of sp³-hybridized carbons (Fsp3) is 0.364. The third-order valence-corrected chi connectivity index (χ3v) is 5.20. The minimum absolute atomic E-state index is 0.0846. The molecule has 0 aliphatic heterocycles. The van der Waals surface area contributed by atoms with Crippen LogP contribution in [0.3, 0.4) is 0 Å². The lowest BCUT2D eigenvalue weighted by Crippen LogP contribution is -2.50. The van der Waals surface area contributed by atoms with Crippen LogP contribution in [0.1, 0.15) is 37.8 Å². The van der Waals surface area contributed by atoms with Crippen molar-refractivity contribution in [3.05, 3.63) is 69.7 Å². The molecule has 2 aromatic rings. The molecule has 0 fully saturated rings. The van der Waals surface area contributed by atoms with Gasteiger partial charge in [0, 0.05) is 25.9 Å². The number of carbonyl (C=O) groups is 2. The van der Waals surface area contributed by atoms with E-state index in [1.54, 1.807) is 24.0 Å². The first-order valence-electron chi connectivity index (χ1n) is 9.51. The SMILES string of the molecule is CCCNC(=O)C(Cc1ccccc1)N(Cc1ccc(Cl)c(Cl)c1)C(=O)CC. The summed E-state index contributed by atoms with van der Waals surface area (Å²) < 4.78 is 0. The van der Waals surface area contributed by atoms with E-state index in [-0.39, 0.29) is 11.8 Å². The number of benzene rings is 2. The maximum absolute atomic E-state index is 12.9. The number of carbonyl (C=O) groups excluding carboxylic acids is 2. The molecule has 2 amide bonds. The minimum Gasteiger partial charge on any atom is -0.354 e. The number of hydrogen-bond acceptors (Lipinski definition) is 2. The van der Waals surface area contributed by atoms with Gasteiger partial charge in [-0.2, -0.15) is 0 Å². The summed E-state index contributed by atoms with van der Waals surface area (Å²) in [6.07, 6.45) is 1.59. The lowest BCUT2D eigenvalue weighted by Gasteiger charge is -2.31. The molecule has 0 aliphatic carbocycles. The van der Waals surface area contributed by atoms with Crippen molar-refractivity contribution in [2.75, 3.05) is 6.54 Å². The van der Waals surface area contributed by atoms with Crippen LogP contribution in [0.2, 0.25) is 10.0 Å². The van der Waals surface area contributed by atoms with Gasteiger partial charge in [0.05, 0.1) is 10.0 Å². The Hall–Kier alpha value is -2.04. The van der Waals surface area contributed by atoms with E-state index in [4.69, 9.17) is 23.2 Å². The van der Waals surface area contributed by atoms with Crippen LogP contribution in [0.25, 0.3) is 0 Å². The summed E-state index contributed by atoms with van der Waals surface area (Å²) >= 11 is 12.1. The number of halogens is 2. The first kappa shape index (κ1) is 22.3. The largest absolute Gasteiger partial charge is 0.354 e. The molecule has 6 heteroatoms. The van der Waals surface area contributed by atoms with Gasteiger partial charge in [-0.05, 0) is 29.7 Å². The van der Waals surface area contributed by atoms with Crippen molar-refractivity contribution in [2.45, 2.75) is 45.7 Å². The zero-order valence-electron chi connectivity index (χ0n) is 16.3. The summed E-state index contributed by atoms with van der Waals surface area (Å²) in [7, 11) is 0. The molecule has 0 bridgehead atoms. The van der Waals surface area contributed by atoms with E-state index in [9.17, 15) is 9.59 Å². The number of nitrogens with zero attached hydrogens (tertiary/aromatic N) is 1. The summed E-state index contributed by atoms with van der Waals surface area (Å²) in [6, 6.07) is 14.4. The predicted octanol–water partition coefficient (Wildman–Crippen LogP) is 4.87. The van der Waals surface area contributed by atoms with E-state index in [1.807, 2.05) is 43.3 Å². The minimum atomic E-state index is -0.601. The van der Waals surface area contributed by atoms with Crippen molar-refractivity contribution in [3.63, 3.8) is 0 Å². The van der Waals surface area contributed by atoms with Gasteiger partial charge in [-0.15, -0.1) is 0 Å². The lowest BCUT2D eigenvalue weighted by molar-refractivity contribution is -0.141. The highest BCUT2D eigenvalue weighted by molar-refractivity contribution is 6.42. The number of amides is 2. The summed E-state index contributed by atoms with van der Waals surface area (Å²) in [5.74, 6) is -0.230. The van der Waals surface area contributed by atoms with E-state index in [0.717, 1.165) is 17.5 Å². The Morgan fingerprint density at radius 1 is 1.00 bits per heavy atom. The van der Waals surface area contributed by atoms with E-state index >= 15 is 0 Å². The third-order valence-electron chi connectivity index (χ3n) is 4.46. The quantitative estimate of drug-likeness (QED) is 0.628. The molecule has 0 spiro atoms. The van der Waals surface area contributed by atoms with Crippen LogP contribution in [-0.2, 0) is 22.6 Å². The van der Waals surface area contributed by atoms with Crippen LogP contribution in [-0.4, -0.2) is 29.3 Å². The average molecular weight is 421 g/mol. The molecule has 2 aromatic carbocycles. The topological polar surface area (TPSA) is 49.4 Å². The summed E-state index contributed by atoms with van der Waals surface area (Å²) in [6.45, 7) is 4.66. The van der Waals surface area contributed by atoms with Crippen LogP contribution >= 0.6 is 23.2 Å². The molecule has 150 valence electrons. The van der Waals surface area contributed by atoms with E-state index in [2.05, 4.69) is 5.32 Å². The Balaban J connectivity index is 2.34. The summed E-state index contributed by atoms with van der Waals surface area (Å²) in [5, 5.41) is 3.83. The molecule has 0 saturated carbocycles. The molecule has 0 aliphatic rings. The molecule has 0 heterocycles. The standard InChI is InChI=1S/C22H26Cl2N2O2/c1-3-12-25-22(28)20(14-16-8-6-5-7-9-16)26(21(27)4-2)15-17-10-11-18(23)19(24)13-17/h5-11,13,20H,3-4,12,14-15H2,1-2H3,(H,25,28). The van der Waals surface area contributed by atoms with E-state index in [0.29, 0.717) is 36.0 Å². The third kappa shape index (κ3) is 6.25. The molecular weight excluding hydrogens is 395 g/mol. The Kier molecular flexibility index (Phi) is 8.81. The highest BCUT2D eigenvalue weighted by atomic mass is 35.5. The van der Waals surface area contributed by atoms with Gasteiger partial charge in [-0.25, -0.2) is 0 Å². The maximum Gasteiger partial charge on any atom is 0.243 e. The smallest absolute Gasteiger partial charge is 0.243 e. The van der Waals surface area contributed by atoms with Gasteiger partial charge in [-0.1, -0.05) is 73.4 Å². The molecule has 2 rings (SSSR count). The van der Waals surface area contributed by atoms with Gasteiger partial charge in [0.25, 0.3) is 0 Å². The Bertz CT molecular complexity index is 796. The Morgan fingerprint density at radius 2 is 1.71 bits per heavy atom. The number of nitrogens with one attached hydrogen (secondary N) is 1. The second kappa shape index (κ2) is 11.1. The molecule has 0 saturated heterocycles. The first-order chi connectivity index (χ1) is 13.5. The maximum atomic E-state index is 12.9. The molecule has 1 atom stereocenters. The second-order valence-electron chi connectivity index (χ2n) is 6.62. The Morgan fingerprint density at radius 3 is 2.32 bits per heavy atom. The first-order valence-corrected chi connectivity index (χ1v) is 10.3. The van der Waals surface area contributed by atoms with Crippen LogP contribution in [0.4, 0.5) is 0 Å². The molecule has 0 radical (unpaired) electrons. The monoisotopic (exact) mass is 420 g/mol. The van der Waals surface area contributed by atoms with Crippen LogP contribution in [0.5, 0.6) is 0 Å². The molecule has 1 unspecified atom stereocenters. The van der Waals surface area contributed by atoms with Crippen LogP contribution in [0, 0.1) is 0 Å². The van der Waals surface area contributed by atoms with Crippen molar-refractivity contribution in [2.24, 2.45) is 0 Å². The zero-order chi connectivity index (χ0) is 20.5. The van der Waals surface area contributed by atoms with Crippen molar-refractivity contribution in [3.8, 4) is 0 Å². The molecule has 4 nitrogen and oxygen atoms in total. The second-order valence-corrected chi connectivity index (χ2v) is 7.43. The predicted molar refractivity (Wildman–Crippen MR) is 115 cm³/mol. The van der Waals surface area contributed by atoms with Crippen molar-refractivity contribution >= 4 is 35.0 Å². The number of hydrogen-bond donors (Lipinski definition) is 1. The van der Waals surface area contributed by atoms with Crippen molar-refractivity contribution in [1.82, 2.24) is 10.2 Å². The summed E-state index contributed by atoms with van der Waals surface area (Å²) in [5.41, 5.74) is 1.83. The van der Waals surface area contributed by atoms with Crippen LogP contribution < -0.4 is 5.32 Å². The fourth-order valence-electron chi connectivity index (χ4n) is 2.96. The average Bonchev–Trinajstić information content (AvgIpc) is 2.71. The normalized spacial score (nSPS) is 11.7. The van der Waals surface area contributed by atoms with Gasteiger partial charge in [0.15, 0.2) is 0 Å². The van der Waals surface area contributed by atoms with Crippen molar-refractivity contribution < 1.29 is 9.59 Å². The zero-order valence-corrected chi connectivity index (χ0v) is 17.8. The van der Waals surface area contributed by atoms with Gasteiger partial charge in [-0.3, -0.25) is 9.59 Å². The van der Waals surface area contributed by atoms with Crippen molar-refractivity contribution in [1.29, 1.82) is 0 Å². The summed E-state index contributed by atoms with van der Waals surface area (Å²) in [4.78, 5) is 27.3. The van der Waals surface area contributed by atoms with Gasteiger partial charge in [0.1, 0.15) is 6.04 Å². The molecule has 0 aromatic heterocycles. The highest BCUT2D eigenvalue weighted by Crippen LogP contribution is 2.24. The number of rotatable bonds is 9. The lowest BCUT2D eigenvalue weighted by atomic mass is 10.0. The fourth-order valence-corrected chi connectivity index (χ4v) is 3.28.